The summed E-state index contributed by atoms with van der Waals surface area (Å²) < 4.78 is 56.6. The van der Waals surface area contributed by atoms with Crippen LogP contribution in [-0.2, 0) is 19.7 Å². The van der Waals surface area contributed by atoms with Crippen molar-refractivity contribution in [3.05, 3.63) is 60.2 Å². The average Bonchev–Trinajstić information content (AvgIpc) is 2.97. The highest BCUT2D eigenvalue weighted by Crippen LogP contribution is 2.29. The van der Waals surface area contributed by atoms with Gasteiger partial charge in [-0.05, 0) is 50.6 Å². The molecule has 2 aromatic carbocycles. The van der Waals surface area contributed by atoms with Crippen molar-refractivity contribution < 1.29 is 21.6 Å². The number of benzene rings is 2. The lowest BCUT2D eigenvalue weighted by Gasteiger charge is -2.24. The normalized spacial score (nSPS) is 22.5. The Morgan fingerprint density at radius 3 is 2.17 bits per heavy atom. The first-order valence-corrected chi connectivity index (χ1v) is 13.0. The van der Waals surface area contributed by atoms with E-state index in [-0.39, 0.29) is 28.5 Å². The van der Waals surface area contributed by atoms with Gasteiger partial charge in [-0.2, -0.15) is 0 Å². The maximum Gasteiger partial charge on any atom is 0.183 e. The number of hydrogen-bond acceptors (Lipinski definition) is 6. The zero-order chi connectivity index (χ0) is 21.2. The van der Waals surface area contributed by atoms with E-state index in [0.29, 0.717) is 5.75 Å². The van der Waals surface area contributed by atoms with Gasteiger partial charge in [-0.15, -0.1) is 0 Å². The van der Waals surface area contributed by atoms with Gasteiger partial charge in [-0.1, -0.05) is 30.3 Å². The first kappa shape index (κ1) is 21.8. The summed E-state index contributed by atoms with van der Waals surface area (Å²) in [4.78, 5) is 0.106. The van der Waals surface area contributed by atoms with Gasteiger partial charge in [-0.25, -0.2) is 16.8 Å². The van der Waals surface area contributed by atoms with E-state index >= 15 is 0 Å². The molecule has 2 aromatic rings. The highest BCUT2D eigenvalue weighted by atomic mass is 32.2. The summed E-state index contributed by atoms with van der Waals surface area (Å²) in [5.74, 6) is 0.00633. The summed E-state index contributed by atoms with van der Waals surface area (Å²) in [7, 11) is -7.28. The van der Waals surface area contributed by atoms with Gasteiger partial charge in [0.15, 0.2) is 19.7 Å². The van der Waals surface area contributed by atoms with Crippen LogP contribution in [0.15, 0.2) is 59.5 Å². The standard InChI is InChI=1S/C21H27NO5S2/c1-15(2)27-18-9-11-19(12-10-18)29(25,26)21-14-28(23,24)13-20(21)22-16(3)17-7-5-4-6-8-17/h4-12,15-16,20-22H,13-14H2,1-3H3/t16?,20-,21-/m0/s1. The zero-order valence-corrected chi connectivity index (χ0v) is 18.4. The molecule has 1 saturated heterocycles. The first-order valence-electron chi connectivity index (χ1n) is 9.60. The summed E-state index contributed by atoms with van der Waals surface area (Å²) in [6.07, 6.45) is -0.0227. The van der Waals surface area contributed by atoms with Gasteiger partial charge in [0.25, 0.3) is 0 Å². The van der Waals surface area contributed by atoms with Crippen LogP contribution >= 0.6 is 0 Å². The predicted molar refractivity (Wildman–Crippen MR) is 114 cm³/mol. The fourth-order valence-corrected chi connectivity index (χ4v) is 8.27. The predicted octanol–water partition coefficient (Wildman–Crippen LogP) is 2.76. The van der Waals surface area contributed by atoms with Gasteiger partial charge in [0.2, 0.25) is 0 Å². The smallest absolute Gasteiger partial charge is 0.183 e. The van der Waals surface area contributed by atoms with Crippen molar-refractivity contribution in [1.29, 1.82) is 0 Å². The summed E-state index contributed by atoms with van der Waals surface area (Å²) >= 11 is 0. The first-order chi connectivity index (χ1) is 13.6. The van der Waals surface area contributed by atoms with Crippen molar-refractivity contribution in [2.75, 3.05) is 11.5 Å². The second kappa shape index (κ2) is 8.45. The third-order valence-electron chi connectivity index (χ3n) is 4.99. The molecular formula is C21H27NO5S2. The minimum atomic E-state index is -3.83. The Morgan fingerprint density at radius 1 is 0.966 bits per heavy atom. The van der Waals surface area contributed by atoms with E-state index < -0.39 is 31.0 Å². The second-order valence-electron chi connectivity index (χ2n) is 7.70. The van der Waals surface area contributed by atoms with Crippen molar-refractivity contribution in [2.45, 2.75) is 49.1 Å². The van der Waals surface area contributed by atoms with E-state index in [9.17, 15) is 16.8 Å². The van der Waals surface area contributed by atoms with Gasteiger partial charge in [-0.3, -0.25) is 0 Å². The van der Waals surface area contributed by atoms with Gasteiger partial charge >= 0.3 is 0 Å². The Labute approximate surface area is 173 Å². The molecule has 0 aliphatic carbocycles. The highest BCUT2D eigenvalue weighted by molar-refractivity contribution is 7.96. The summed E-state index contributed by atoms with van der Waals surface area (Å²) in [5.41, 5.74) is 0.975. The molecule has 0 radical (unpaired) electrons. The van der Waals surface area contributed by atoms with E-state index in [0.717, 1.165) is 5.56 Å². The lowest BCUT2D eigenvalue weighted by Crippen LogP contribution is -2.44. The van der Waals surface area contributed by atoms with Crippen LogP contribution in [0.3, 0.4) is 0 Å². The summed E-state index contributed by atoms with van der Waals surface area (Å²) in [6.45, 7) is 5.68. The number of nitrogens with one attached hydrogen (secondary N) is 1. The van der Waals surface area contributed by atoms with Crippen LogP contribution in [0.1, 0.15) is 32.4 Å². The Morgan fingerprint density at radius 2 is 1.59 bits per heavy atom. The number of sulfone groups is 2. The summed E-state index contributed by atoms with van der Waals surface area (Å²) in [6, 6.07) is 14.9. The molecule has 8 heteroatoms. The summed E-state index contributed by atoms with van der Waals surface area (Å²) in [5, 5.41) is 2.20. The SMILES string of the molecule is CC(C)Oc1ccc(S(=O)(=O)[C@H]2CS(=O)(=O)C[C@@H]2NC(C)c2ccccc2)cc1. The fraction of sp³-hybridized carbons (Fsp3) is 0.429. The molecule has 0 bridgehead atoms. The van der Waals surface area contributed by atoms with Gasteiger partial charge in [0, 0.05) is 12.1 Å². The molecule has 0 amide bonds. The van der Waals surface area contributed by atoms with Crippen LogP contribution in [0, 0.1) is 0 Å². The van der Waals surface area contributed by atoms with Crippen molar-refractivity contribution >= 4 is 19.7 Å². The largest absolute Gasteiger partial charge is 0.491 e. The van der Waals surface area contributed by atoms with Gasteiger partial charge in [0.05, 0.1) is 27.8 Å². The third kappa shape index (κ3) is 5.18. The Hall–Kier alpha value is -1.90. The molecule has 0 spiro atoms. The van der Waals surface area contributed by atoms with Crippen LogP contribution in [0.5, 0.6) is 5.75 Å². The number of hydrogen-bond donors (Lipinski definition) is 1. The quantitative estimate of drug-likeness (QED) is 0.716. The lowest BCUT2D eigenvalue weighted by molar-refractivity contribution is 0.242. The van der Waals surface area contributed by atoms with Crippen molar-refractivity contribution in [2.24, 2.45) is 0 Å². The number of rotatable bonds is 7. The fourth-order valence-electron chi connectivity index (χ4n) is 3.59. The molecule has 158 valence electrons. The molecule has 1 heterocycles. The molecule has 0 saturated carbocycles. The molecule has 1 N–H and O–H groups in total. The Bertz CT molecular complexity index is 1030. The molecule has 3 atom stereocenters. The monoisotopic (exact) mass is 437 g/mol. The van der Waals surface area contributed by atoms with Crippen LogP contribution in [0.25, 0.3) is 0 Å². The molecule has 1 aliphatic heterocycles. The Balaban J connectivity index is 1.85. The third-order valence-corrected chi connectivity index (χ3v) is 9.15. The minimum Gasteiger partial charge on any atom is -0.491 e. The van der Waals surface area contributed by atoms with E-state index in [4.69, 9.17) is 4.74 Å². The van der Waals surface area contributed by atoms with E-state index in [1.54, 1.807) is 12.1 Å². The minimum absolute atomic E-state index is 0.0227. The molecule has 1 aliphatic rings. The van der Waals surface area contributed by atoms with Crippen LogP contribution in [0.4, 0.5) is 0 Å². The van der Waals surface area contributed by atoms with E-state index in [1.807, 2.05) is 51.1 Å². The number of ether oxygens (including phenoxy) is 1. The van der Waals surface area contributed by atoms with Gasteiger partial charge < -0.3 is 10.1 Å². The van der Waals surface area contributed by atoms with E-state index in [1.165, 1.54) is 12.1 Å². The molecule has 3 rings (SSSR count). The lowest BCUT2D eigenvalue weighted by atomic mass is 10.1. The average molecular weight is 438 g/mol. The maximum absolute atomic E-state index is 13.2. The highest BCUT2D eigenvalue weighted by Gasteiger charge is 2.46. The van der Waals surface area contributed by atoms with Gasteiger partial charge in [0.1, 0.15) is 5.75 Å². The van der Waals surface area contributed by atoms with Crippen LogP contribution in [-0.4, -0.2) is 45.7 Å². The molecule has 0 aromatic heterocycles. The zero-order valence-electron chi connectivity index (χ0n) is 16.8. The van der Waals surface area contributed by atoms with Crippen molar-refractivity contribution in [1.82, 2.24) is 5.32 Å². The molecular weight excluding hydrogens is 410 g/mol. The maximum atomic E-state index is 13.2. The van der Waals surface area contributed by atoms with E-state index in [2.05, 4.69) is 5.32 Å². The van der Waals surface area contributed by atoms with Crippen LogP contribution in [0.2, 0.25) is 0 Å². The molecule has 1 fully saturated rings. The molecule has 1 unspecified atom stereocenters. The second-order valence-corrected chi connectivity index (χ2v) is 12.0. The molecule has 29 heavy (non-hydrogen) atoms. The molecule has 6 nitrogen and oxygen atoms in total. The van der Waals surface area contributed by atoms with Crippen LogP contribution < -0.4 is 10.1 Å². The van der Waals surface area contributed by atoms with Crippen molar-refractivity contribution in [3.8, 4) is 5.75 Å². The van der Waals surface area contributed by atoms with Crippen molar-refractivity contribution in [3.63, 3.8) is 0 Å². The topological polar surface area (TPSA) is 89.5 Å². The Kier molecular flexibility index (Phi) is 6.36.